The molecule has 2 unspecified atom stereocenters. The molecule has 0 fully saturated rings. The minimum atomic E-state index is -0.949. The normalized spacial score (nSPS) is 19.1. The average Bonchev–Trinajstić information content (AvgIpc) is 2.18. The van der Waals surface area contributed by atoms with E-state index in [1.54, 1.807) is 13.8 Å². The highest BCUT2D eigenvalue weighted by Crippen LogP contribution is 2.31. The van der Waals surface area contributed by atoms with Gasteiger partial charge in [-0.1, -0.05) is 52.4 Å². The first-order valence-electron chi connectivity index (χ1n) is 6.82. The van der Waals surface area contributed by atoms with Gasteiger partial charge in [0, 0.05) is 0 Å². The van der Waals surface area contributed by atoms with Gasteiger partial charge in [-0.2, -0.15) is 0 Å². The van der Waals surface area contributed by atoms with Gasteiger partial charge in [0.15, 0.2) is 0 Å². The highest BCUT2D eigenvalue weighted by Gasteiger charge is 2.40. The van der Waals surface area contributed by atoms with Crippen LogP contribution in [0.15, 0.2) is 0 Å². The number of hydrogen-bond donors (Lipinski definition) is 2. The third kappa shape index (κ3) is 5.31. The molecule has 2 nitrogen and oxygen atoms in total. The van der Waals surface area contributed by atoms with Crippen LogP contribution in [0.2, 0.25) is 0 Å². The summed E-state index contributed by atoms with van der Waals surface area (Å²) in [7, 11) is 0. The van der Waals surface area contributed by atoms with Crippen LogP contribution in [-0.4, -0.2) is 21.4 Å². The van der Waals surface area contributed by atoms with Crippen LogP contribution in [0, 0.1) is 0 Å². The molecule has 0 radical (unpaired) electrons. The Bertz CT molecular complexity index is 154. The van der Waals surface area contributed by atoms with Crippen molar-refractivity contribution >= 4 is 0 Å². The summed E-state index contributed by atoms with van der Waals surface area (Å²) >= 11 is 0. The molecule has 2 heteroatoms. The zero-order valence-corrected chi connectivity index (χ0v) is 11.6. The molecule has 0 aliphatic heterocycles. The third-order valence-corrected chi connectivity index (χ3v) is 3.69. The fourth-order valence-corrected chi connectivity index (χ4v) is 1.98. The van der Waals surface area contributed by atoms with Crippen LogP contribution in [0.25, 0.3) is 0 Å². The summed E-state index contributed by atoms with van der Waals surface area (Å²) in [4.78, 5) is 0. The second kappa shape index (κ2) is 7.29. The van der Waals surface area contributed by atoms with Crippen molar-refractivity contribution in [2.24, 2.45) is 0 Å². The van der Waals surface area contributed by atoms with Gasteiger partial charge < -0.3 is 10.2 Å². The van der Waals surface area contributed by atoms with Gasteiger partial charge in [0.2, 0.25) is 0 Å². The standard InChI is InChI=1S/C14H30O2/c1-5-7-9-11-13(3,15)14(4,16)12-10-8-6-2/h15-16H,5-12H2,1-4H3. The van der Waals surface area contributed by atoms with E-state index in [4.69, 9.17) is 0 Å². The summed E-state index contributed by atoms with van der Waals surface area (Å²) in [6, 6.07) is 0. The molecular weight excluding hydrogens is 200 g/mol. The molecule has 0 saturated carbocycles. The lowest BCUT2D eigenvalue weighted by atomic mass is 9.78. The van der Waals surface area contributed by atoms with Gasteiger partial charge in [-0.15, -0.1) is 0 Å². The van der Waals surface area contributed by atoms with E-state index in [-0.39, 0.29) is 0 Å². The first-order chi connectivity index (χ1) is 7.37. The molecule has 16 heavy (non-hydrogen) atoms. The lowest BCUT2D eigenvalue weighted by molar-refractivity contribution is -0.140. The van der Waals surface area contributed by atoms with Crippen molar-refractivity contribution < 1.29 is 10.2 Å². The highest BCUT2D eigenvalue weighted by molar-refractivity contribution is 4.92. The van der Waals surface area contributed by atoms with Crippen molar-refractivity contribution in [2.75, 3.05) is 0 Å². The van der Waals surface area contributed by atoms with Crippen LogP contribution in [0.5, 0.6) is 0 Å². The maximum Gasteiger partial charge on any atom is 0.0902 e. The van der Waals surface area contributed by atoms with Crippen LogP contribution < -0.4 is 0 Å². The molecule has 0 aromatic carbocycles. The first-order valence-corrected chi connectivity index (χ1v) is 6.82. The zero-order valence-electron chi connectivity index (χ0n) is 11.6. The van der Waals surface area contributed by atoms with Crippen LogP contribution in [0.4, 0.5) is 0 Å². The zero-order chi connectivity index (χ0) is 12.7. The molecule has 0 saturated heterocycles. The molecule has 0 bridgehead atoms. The maximum absolute atomic E-state index is 10.3. The number of unbranched alkanes of at least 4 members (excludes halogenated alkanes) is 4. The van der Waals surface area contributed by atoms with E-state index in [1.165, 1.54) is 0 Å². The van der Waals surface area contributed by atoms with Gasteiger partial charge in [0.05, 0.1) is 11.2 Å². The van der Waals surface area contributed by atoms with E-state index in [1.807, 2.05) is 0 Å². The molecular formula is C14H30O2. The van der Waals surface area contributed by atoms with Crippen LogP contribution >= 0.6 is 0 Å². The fraction of sp³-hybridized carbons (Fsp3) is 1.00. The second-order valence-electron chi connectivity index (χ2n) is 5.46. The quantitative estimate of drug-likeness (QED) is 0.594. The Morgan fingerprint density at radius 1 is 0.688 bits per heavy atom. The van der Waals surface area contributed by atoms with Crippen molar-refractivity contribution in [3.63, 3.8) is 0 Å². The molecule has 0 rings (SSSR count). The molecule has 0 spiro atoms. The number of hydrogen-bond acceptors (Lipinski definition) is 2. The number of aliphatic hydroxyl groups is 2. The van der Waals surface area contributed by atoms with Gasteiger partial charge in [0.1, 0.15) is 0 Å². The van der Waals surface area contributed by atoms with Crippen LogP contribution in [0.3, 0.4) is 0 Å². The predicted octanol–water partition coefficient (Wildman–Crippen LogP) is 3.65. The van der Waals surface area contributed by atoms with Gasteiger partial charge >= 0.3 is 0 Å². The summed E-state index contributed by atoms with van der Waals surface area (Å²) in [5.41, 5.74) is -1.90. The molecule has 0 aliphatic rings. The summed E-state index contributed by atoms with van der Waals surface area (Å²) in [5.74, 6) is 0. The third-order valence-electron chi connectivity index (χ3n) is 3.69. The Labute approximate surface area is 101 Å². The largest absolute Gasteiger partial charge is 0.387 e. The molecule has 98 valence electrons. The summed E-state index contributed by atoms with van der Waals surface area (Å²) in [6.07, 6.45) is 7.92. The molecule has 0 aromatic heterocycles. The minimum Gasteiger partial charge on any atom is -0.387 e. The fourth-order valence-electron chi connectivity index (χ4n) is 1.98. The Morgan fingerprint density at radius 3 is 1.25 bits per heavy atom. The summed E-state index contributed by atoms with van der Waals surface area (Å²) in [6.45, 7) is 7.84. The predicted molar refractivity (Wildman–Crippen MR) is 69.5 cm³/mol. The summed E-state index contributed by atoms with van der Waals surface area (Å²) < 4.78 is 0. The lowest BCUT2D eigenvalue weighted by Crippen LogP contribution is -2.49. The van der Waals surface area contributed by atoms with E-state index in [0.717, 1.165) is 38.5 Å². The monoisotopic (exact) mass is 230 g/mol. The van der Waals surface area contributed by atoms with Crippen molar-refractivity contribution in [1.82, 2.24) is 0 Å². The van der Waals surface area contributed by atoms with Crippen molar-refractivity contribution in [3.8, 4) is 0 Å². The Hall–Kier alpha value is -0.0800. The SMILES string of the molecule is CCCCCC(C)(O)C(C)(O)CCCCC. The molecule has 2 atom stereocenters. The van der Waals surface area contributed by atoms with Crippen molar-refractivity contribution in [1.29, 1.82) is 0 Å². The number of rotatable bonds is 9. The average molecular weight is 230 g/mol. The van der Waals surface area contributed by atoms with Crippen LogP contribution in [0.1, 0.15) is 79.1 Å². The Morgan fingerprint density at radius 2 is 1.00 bits per heavy atom. The first kappa shape index (κ1) is 15.9. The van der Waals surface area contributed by atoms with Gasteiger partial charge in [-0.25, -0.2) is 0 Å². The lowest BCUT2D eigenvalue weighted by Gasteiger charge is -2.39. The second-order valence-corrected chi connectivity index (χ2v) is 5.46. The van der Waals surface area contributed by atoms with E-state index < -0.39 is 11.2 Å². The maximum atomic E-state index is 10.3. The Kier molecular flexibility index (Phi) is 7.25. The van der Waals surface area contributed by atoms with E-state index in [9.17, 15) is 10.2 Å². The minimum absolute atomic E-state index is 0.694. The van der Waals surface area contributed by atoms with Crippen molar-refractivity contribution in [2.45, 2.75) is 90.3 Å². The van der Waals surface area contributed by atoms with Gasteiger partial charge in [-0.3, -0.25) is 0 Å². The topological polar surface area (TPSA) is 40.5 Å². The summed E-state index contributed by atoms with van der Waals surface area (Å²) in [5, 5.41) is 20.6. The molecule has 2 N–H and O–H groups in total. The Balaban J connectivity index is 4.11. The molecule has 0 heterocycles. The van der Waals surface area contributed by atoms with E-state index in [0.29, 0.717) is 12.8 Å². The molecule has 0 aromatic rings. The smallest absolute Gasteiger partial charge is 0.0902 e. The molecule has 0 amide bonds. The van der Waals surface area contributed by atoms with E-state index >= 15 is 0 Å². The van der Waals surface area contributed by atoms with Gasteiger partial charge in [0.25, 0.3) is 0 Å². The van der Waals surface area contributed by atoms with Crippen molar-refractivity contribution in [3.05, 3.63) is 0 Å². The van der Waals surface area contributed by atoms with Crippen LogP contribution in [-0.2, 0) is 0 Å². The molecule has 0 aliphatic carbocycles. The van der Waals surface area contributed by atoms with Gasteiger partial charge in [-0.05, 0) is 26.7 Å². The van der Waals surface area contributed by atoms with E-state index in [2.05, 4.69) is 13.8 Å². The highest BCUT2D eigenvalue weighted by atomic mass is 16.4.